The van der Waals surface area contributed by atoms with Gasteiger partial charge in [0, 0.05) is 55.7 Å². The minimum absolute atomic E-state index is 0.100. The van der Waals surface area contributed by atoms with Crippen LogP contribution in [0.1, 0.15) is 52.4 Å². The second-order valence-corrected chi connectivity index (χ2v) is 15.1. The van der Waals surface area contributed by atoms with Crippen molar-refractivity contribution in [2.24, 2.45) is 0 Å². The van der Waals surface area contributed by atoms with Crippen LogP contribution in [0.3, 0.4) is 0 Å². The molecule has 4 heterocycles. The molecule has 2 aromatic heterocycles. The third-order valence-corrected chi connectivity index (χ3v) is 10.9. The molecule has 2 fully saturated rings. The van der Waals surface area contributed by atoms with Crippen LogP contribution in [0.4, 0.5) is 18.4 Å². The molecule has 2 aliphatic heterocycles. The molecule has 1 N–H and O–H groups in total. The molecule has 13 nitrogen and oxygen atoms in total. The van der Waals surface area contributed by atoms with Gasteiger partial charge in [0.15, 0.2) is 23.1 Å². The summed E-state index contributed by atoms with van der Waals surface area (Å²) in [4.78, 5) is 40.1. The highest BCUT2D eigenvalue weighted by Crippen LogP contribution is 2.27. The molecule has 0 aliphatic carbocycles. The Kier molecular flexibility index (Phi) is 17.8. The molecular formula is C46H60F2N8O5. The first-order valence-corrected chi connectivity index (χ1v) is 21.0. The van der Waals surface area contributed by atoms with Gasteiger partial charge in [-0.2, -0.15) is 0 Å². The van der Waals surface area contributed by atoms with Gasteiger partial charge in [-0.3, -0.25) is 4.57 Å². The topological polar surface area (TPSA) is 119 Å². The van der Waals surface area contributed by atoms with Gasteiger partial charge in [-0.25, -0.2) is 32.9 Å². The number of piperidine rings is 2. The number of hydrogen-bond acceptors (Lipinski definition) is 10. The van der Waals surface area contributed by atoms with Crippen molar-refractivity contribution in [1.29, 1.82) is 0 Å². The number of amides is 1. The summed E-state index contributed by atoms with van der Waals surface area (Å²) in [5, 5.41) is 3.34. The molecule has 2 aliphatic rings. The summed E-state index contributed by atoms with van der Waals surface area (Å²) in [7, 11) is 6.73. The highest BCUT2D eigenvalue weighted by Gasteiger charge is 2.26. The Morgan fingerprint density at radius 3 is 1.72 bits per heavy atom. The van der Waals surface area contributed by atoms with E-state index in [4.69, 9.17) is 14.2 Å². The number of halogens is 2. The van der Waals surface area contributed by atoms with Crippen LogP contribution in [0.5, 0.6) is 17.2 Å². The van der Waals surface area contributed by atoms with Crippen molar-refractivity contribution in [3.63, 3.8) is 0 Å². The number of nitrogens with zero attached hydrogens (tertiary/aromatic N) is 7. The predicted molar refractivity (Wildman–Crippen MR) is 233 cm³/mol. The van der Waals surface area contributed by atoms with E-state index in [1.807, 2.05) is 13.1 Å². The van der Waals surface area contributed by atoms with Gasteiger partial charge < -0.3 is 34.2 Å². The Bertz CT molecular complexity index is 2110. The van der Waals surface area contributed by atoms with Crippen molar-refractivity contribution < 1.29 is 32.6 Å². The lowest BCUT2D eigenvalue weighted by atomic mass is 10.0. The maximum atomic E-state index is 13.6. The van der Waals surface area contributed by atoms with Crippen molar-refractivity contribution in [1.82, 2.24) is 39.1 Å². The fraction of sp³-hybridized carbons (Fsp3) is 0.435. The number of ether oxygens (including phenoxy) is 3. The van der Waals surface area contributed by atoms with Crippen LogP contribution in [-0.2, 0) is 0 Å². The molecule has 0 unspecified atom stereocenters. The second kappa shape index (κ2) is 23.4. The Morgan fingerprint density at radius 2 is 1.23 bits per heavy atom. The van der Waals surface area contributed by atoms with E-state index in [9.17, 15) is 18.4 Å². The molecule has 61 heavy (non-hydrogen) atoms. The number of imidazole rings is 2. The van der Waals surface area contributed by atoms with Crippen LogP contribution >= 0.6 is 0 Å². The molecule has 0 bridgehead atoms. The van der Waals surface area contributed by atoms with Crippen molar-refractivity contribution in [2.75, 3.05) is 67.6 Å². The van der Waals surface area contributed by atoms with E-state index in [2.05, 4.69) is 46.0 Å². The highest BCUT2D eigenvalue weighted by atomic mass is 19.1. The lowest BCUT2D eigenvalue weighted by Gasteiger charge is -2.36. The molecule has 328 valence electrons. The Labute approximate surface area is 358 Å². The van der Waals surface area contributed by atoms with E-state index < -0.39 is 17.7 Å². The van der Waals surface area contributed by atoms with E-state index in [-0.39, 0.29) is 23.6 Å². The zero-order chi connectivity index (χ0) is 43.7. The van der Waals surface area contributed by atoms with Gasteiger partial charge in [-0.05, 0) is 120 Å². The van der Waals surface area contributed by atoms with Crippen molar-refractivity contribution >= 4 is 12.1 Å². The highest BCUT2D eigenvalue weighted by molar-refractivity contribution is 5.78. The molecule has 3 aromatic carbocycles. The molecule has 5 aromatic rings. The van der Waals surface area contributed by atoms with Gasteiger partial charge in [0.25, 0.3) is 0 Å². The van der Waals surface area contributed by atoms with Gasteiger partial charge in [-0.15, -0.1) is 0 Å². The Morgan fingerprint density at radius 1 is 0.738 bits per heavy atom. The van der Waals surface area contributed by atoms with Gasteiger partial charge in [0.2, 0.25) is 0 Å². The largest absolute Gasteiger partial charge is 0.494 e. The van der Waals surface area contributed by atoms with Crippen molar-refractivity contribution in [3.05, 3.63) is 103 Å². The standard InChI is InChI=1S/C20H27FN4O2.C17H13FN2O3.C9H20N2/c1-4-9-24-10-7-16(8-11-24)23(2)20(26)25-13-18(22-14-25)15-5-6-17(21)19(12-15)27-3;1-22-16-9-12(7-8-14(16)18)15-10-20(11-19-15)17(21)23-13-5-3-2-4-6-13;1-3-6-11-7-4-9(10-2)5-8-11/h5-6,12-14,16H,4,7-11H2,1-3H3;2-11H,1H3;9-10H,3-8H2,1-2H3. The number of aromatic nitrogens is 4. The van der Waals surface area contributed by atoms with Crippen LogP contribution in [0.25, 0.3) is 22.5 Å². The summed E-state index contributed by atoms with van der Waals surface area (Å²) < 4.78 is 44.9. The van der Waals surface area contributed by atoms with Gasteiger partial charge in [-0.1, -0.05) is 32.0 Å². The molecule has 0 atom stereocenters. The van der Waals surface area contributed by atoms with Crippen molar-refractivity contribution in [3.8, 4) is 39.8 Å². The first-order valence-electron chi connectivity index (χ1n) is 21.0. The van der Waals surface area contributed by atoms with Gasteiger partial charge in [0.1, 0.15) is 18.4 Å². The number of para-hydroxylation sites is 1. The first kappa shape index (κ1) is 46.4. The lowest BCUT2D eigenvalue weighted by Crippen LogP contribution is -2.46. The van der Waals surface area contributed by atoms with Crippen LogP contribution in [0, 0.1) is 11.6 Å². The Balaban J connectivity index is 0.000000188. The Hall–Kier alpha value is -5.64. The van der Waals surface area contributed by atoms with E-state index in [1.165, 1.54) is 99.3 Å². The fourth-order valence-corrected chi connectivity index (χ4v) is 7.37. The number of likely N-dealkylation sites (tertiary alicyclic amines) is 2. The average Bonchev–Trinajstić information content (AvgIpc) is 4.00. The third kappa shape index (κ3) is 13.2. The molecule has 0 spiro atoms. The number of benzene rings is 3. The quantitative estimate of drug-likeness (QED) is 0.139. The molecule has 15 heteroatoms. The molecule has 1 amide bonds. The van der Waals surface area contributed by atoms with Crippen LogP contribution in [0.2, 0.25) is 0 Å². The zero-order valence-corrected chi connectivity index (χ0v) is 36.2. The monoisotopic (exact) mass is 842 g/mol. The predicted octanol–water partition coefficient (Wildman–Crippen LogP) is 8.30. The summed E-state index contributed by atoms with van der Waals surface area (Å²) in [5.41, 5.74) is 2.45. The first-order chi connectivity index (χ1) is 29.6. The van der Waals surface area contributed by atoms with Crippen molar-refractivity contribution in [2.45, 2.75) is 64.5 Å². The summed E-state index contributed by atoms with van der Waals surface area (Å²) in [5.74, 6) is -0.172. The molecule has 2 saturated heterocycles. The molecule has 0 saturated carbocycles. The van der Waals surface area contributed by atoms with E-state index in [1.54, 1.807) is 53.6 Å². The molecule has 7 rings (SSSR count). The van der Waals surface area contributed by atoms with E-state index >= 15 is 0 Å². The number of hydrogen-bond donors (Lipinski definition) is 1. The second-order valence-electron chi connectivity index (χ2n) is 15.1. The lowest BCUT2D eigenvalue weighted by molar-refractivity contribution is 0.135. The SMILES string of the molecule is CCCN1CCC(N(C)C(=O)n2cnc(-c3ccc(F)c(OC)c3)c2)CC1.CCCN1CCC(NC)CC1.COc1cc(-c2cn(C(=O)Oc3ccccc3)cn2)ccc1F. The molecular weight excluding hydrogens is 783 g/mol. The normalized spacial score (nSPS) is 14.9. The third-order valence-electron chi connectivity index (χ3n) is 10.9. The van der Waals surface area contributed by atoms with Crippen LogP contribution in [-0.4, -0.2) is 126 Å². The fourth-order valence-electron chi connectivity index (χ4n) is 7.37. The van der Waals surface area contributed by atoms with E-state index in [0.29, 0.717) is 28.3 Å². The summed E-state index contributed by atoms with van der Waals surface area (Å²) >= 11 is 0. The minimum Gasteiger partial charge on any atom is -0.494 e. The maximum absolute atomic E-state index is 13.6. The number of methoxy groups -OCH3 is 2. The summed E-state index contributed by atoms with van der Waals surface area (Å²) in [6, 6.07) is 18.6. The van der Waals surface area contributed by atoms with Crippen LogP contribution < -0.4 is 19.5 Å². The number of carbonyl (C=O) groups is 2. The van der Waals surface area contributed by atoms with Gasteiger partial charge in [0.05, 0.1) is 25.6 Å². The molecule has 0 radical (unpaired) electrons. The average molecular weight is 843 g/mol. The van der Waals surface area contributed by atoms with E-state index in [0.717, 1.165) is 44.9 Å². The van der Waals surface area contributed by atoms with Gasteiger partial charge >= 0.3 is 12.1 Å². The van der Waals surface area contributed by atoms with Crippen LogP contribution in [0.15, 0.2) is 91.8 Å². The number of rotatable bonds is 11. The maximum Gasteiger partial charge on any atom is 0.424 e. The summed E-state index contributed by atoms with van der Waals surface area (Å²) in [6.07, 6.45) is 12.5. The number of carbonyl (C=O) groups excluding carboxylic acids is 2. The zero-order valence-electron chi connectivity index (χ0n) is 36.2. The smallest absolute Gasteiger partial charge is 0.424 e. The minimum atomic E-state index is -0.580. The summed E-state index contributed by atoms with van der Waals surface area (Å²) in [6.45, 7) is 11.5. The number of nitrogens with one attached hydrogen (secondary N) is 1.